The number of hydrogen-bond donors (Lipinski definition) is 1. The molecule has 2 aromatic carbocycles. The van der Waals surface area contributed by atoms with Crippen molar-refractivity contribution in [2.45, 2.75) is 39.8 Å². The predicted molar refractivity (Wildman–Crippen MR) is 147 cm³/mol. The van der Waals surface area contributed by atoms with E-state index in [0.29, 0.717) is 24.6 Å². The zero-order chi connectivity index (χ0) is 26.6. The van der Waals surface area contributed by atoms with Gasteiger partial charge in [0, 0.05) is 54.4 Å². The quantitative estimate of drug-likeness (QED) is 0.270. The molecule has 0 bridgehead atoms. The van der Waals surface area contributed by atoms with Crippen LogP contribution in [0.2, 0.25) is 0 Å². The lowest BCUT2D eigenvalue weighted by Crippen LogP contribution is -2.34. The van der Waals surface area contributed by atoms with Gasteiger partial charge in [-0.25, -0.2) is 9.97 Å². The van der Waals surface area contributed by atoms with E-state index in [2.05, 4.69) is 35.3 Å². The zero-order valence-electron chi connectivity index (χ0n) is 21.8. The van der Waals surface area contributed by atoms with Crippen LogP contribution in [-0.4, -0.2) is 42.9 Å². The number of rotatable bonds is 7. The van der Waals surface area contributed by atoms with E-state index in [1.165, 1.54) is 17.7 Å². The highest BCUT2D eigenvalue weighted by atomic mass is 16.2. The molecule has 0 spiro atoms. The molecule has 38 heavy (non-hydrogen) atoms. The highest BCUT2D eigenvalue weighted by molar-refractivity contribution is 6.07. The number of allylic oxidation sites excluding steroid dienone is 1. The molecule has 5 rings (SSSR count). The number of carbonyl (C=O) groups excluding carboxylic acids is 2. The SMILES string of the molecule is Cc1cnc(Nc2ccc3c(c2)CN(C(=O)/C=C/C(=O)c2ccccc2)CC3)nc1-c1cnn(C(C)C)c1. The zero-order valence-corrected chi connectivity index (χ0v) is 21.8. The first-order chi connectivity index (χ1) is 18.4. The molecule has 1 N–H and O–H groups in total. The minimum atomic E-state index is -0.183. The van der Waals surface area contributed by atoms with Gasteiger partial charge in [0.25, 0.3) is 0 Å². The van der Waals surface area contributed by atoms with E-state index in [-0.39, 0.29) is 17.7 Å². The van der Waals surface area contributed by atoms with E-state index in [4.69, 9.17) is 4.98 Å². The fourth-order valence-corrected chi connectivity index (χ4v) is 4.44. The molecular weight excluding hydrogens is 476 g/mol. The van der Waals surface area contributed by atoms with Crippen LogP contribution in [-0.2, 0) is 17.8 Å². The standard InChI is InChI=1S/C30H30N6O2/c1-20(2)36-19-25(17-32-36)29-21(3)16-31-30(34-29)33-26-10-9-22-13-14-35(18-24(22)15-26)28(38)12-11-27(37)23-7-5-4-6-8-23/h4-12,15-17,19-20H,13-14,18H2,1-3H3,(H,31,33,34)/b12-11+. The Morgan fingerprint density at radius 1 is 1.03 bits per heavy atom. The van der Waals surface area contributed by atoms with Crippen LogP contribution in [0.5, 0.6) is 0 Å². The number of fused-ring (bicyclic) bond motifs is 1. The Morgan fingerprint density at radius 2 is 1.84 bits per heavy atom. The van der Waals surface area contributed by atoms with Gasteiger partial charge in [-0.2, -0.15) is 5.10 Å². The lowest BCUT2D eigenvalue weighted by atomic mass is 9.99. The van der Waals surface area contributed by atoms with Gasteiger partial charge in [0.2, 0.25) is 11.9 Å². The first-order valence-electron chi connectivity index (χ1n) is 12.7. The molecule has 0 unspecified atom stereocenters. The van der Waals surface area contributed by atoms with Gasteiger partial charge in [-0.05, 0) is 62.1 Å². The molecular formula is C30H30N6O2. The molecule has 8 nitrogen and oxygen atoms in total. The van der Waals surface area contributed by atoms with Gasteiger partial charge in [0.15, 0.2) is 5.78 Å². The Labute approximate surface area is 222 Å². The number of amides is 1. The third-order valence-corrected chi connectivity index (χ3v) is 6.60. The molecule has 8 heteroatoms. The normalized spacial score (nSPS) is 13.1. The van der Waals surface area contributed by atoms with Crippen molar-refractivity contribution in [1.82, 2.24) is 24.6 Å². The summed E-state index contributed by atoms with van der Waals surface area (Å²) in [4.78, 5) is 36.1. The average molecular weight is 507 g/mol. The molecule has 0 aliphatic carbocycles. The third kappa shape index (κ3) is 5.54. The van der Waals surface area contributed by atoms with Crippen LogP contribution in [0.15, 0.2) is 79.3 Å². The minimum absolute atomic E-state index is 0.174. The topological polar surface area (TPSA) is 93.0 Å². The van der Waals surface area contributed by atoms with Crippen LogP contribution in [0, 0.1) is 6.92 Å². The summed E-state index contributed by atoms with van der Waals surface area (Å²) >= 11 is 0. The molecule has 1 aliphatic heterocycles. The van der Waals surface area contributed by atoms with Gasteiger partial charge >= 0.3 is 0 Å². The van der Waals surface area contributed by atoms with Crippen LogP contribution in [0.4, 0.5) is 11.6 Å². The Balaban J connectivity index is 1.29. The van der Waals surface area contributed by atoms with Gasteiger partial charge in [0.05, 0.1) is 11.9 Å². The molecule has 4 aromatic rings. The van der Waals surface area contributed by atoms with Crippen molar-refractivity contribution in [3.05, 3.63) is 102 Å². The summed E-state index contributed by atoms with van der Waals surface area (Å²) < 4.78 is 1.91. The average Bonchev–Trinajstić information content (AvgIpc) is 3.43. The van der Waals surface area contributed by atoms with Crippen LogP contribution in [0.25, 0.3) is 11.3 Å². The van der Waals surface area contributed by atoms with Gasteiger partial charge in [-0.3, -0.25) is 14.3 Å². The predicted octanol–water partition coefficient (Wildman–Crippen LogP) is 5.30. The second kappa shape index (κ2) is 10.8. The molecule has 2 aromatic heterocycles. The van der Waals surface area contributed by atoms with E-state index < -0.39 is 0 Å². The smallest absolute Gasteiger partial charge is 0.247 e. The summed E-state index contributed by atoms with van der Waals surface area (Å²) in [6.45, 7) is 7.24. The van der Waals surface area contributed by atoms with E-state index in [9.17, 15) is 9.59 Å². The maximum Gasteiger partial charge on any atom is 0.247 e. The van der Waals surface area contributed by atoms with Crippen molar-refractivity contribution in [3.63, 3.8) is 0 Å². The van der Waals surface area contributed by atoms with Crippen molar-refractivity contribution in [2.24, 2.45) is 0 Å². The molecule has 192 valence electrons. The van der Waals surface area contributed by atoms with Crippen molar-refractivity contribution in [3.8, 4) is 11.3 Å². The fraction of sp³-hybridized carbons (Fsp3) is 0.233. The third-order valence-electron chi connectivity index (χ3n) is 6.60. The lowest BCUT2D eigenvalue weighted by molar-refractivity contribution is -0.126. The van der Waals surface area contributed by atoms with Crippen molar-refractivity contribution >= 4 is 23.3 Å². The molecule has 0 atom stereocenters. The van der Waals surface area contributed by atoms with Gasteiger partial charge in [-0.15, -0.1) is 0 Å². The van der Waals surface area contributed by atoms with Crippen LogP contribution in [0.1, 0.15) is 46.9 Å². The minimum Gasteiger partial charge on any atom is -0.334 e. The number of benzene rings is 2. The summed E-state index contributed by atoms with van der Waals surface area (Å²) in [7, 11) is 0. The number of ketones is 1. The van der Waals surface area contributed by atoms with E-state index >= 15 is 0 Å². The number of aromatic nitrogens is 4. The number of hydrogen-bond acceptors (Lipinski definition) is 6. The van der Waals surface area contributed by atoms with Gasteiger partial charge in [0.1, 0.15) is 0 Å². The molecule has 0 radical (unpaired) electrons. The van der Waals surface area contributed by atoms with Crippen molar-refractivity contribution in [2.75, 3.05) is 11.9 Å². The first-order valence-corrected chi connectivity index (χ1v) is 12.7. The van der Waals surface area contributed by atoms with Crippen molar-refractivity contribution < 1.29 is 9.59 Å². The van der Waals surface area contributed by atoms with Crippen LogP contribution < -0.4 is 5.32 Å². The van der Waals surface area contributed by atoms with Gasteiger partial charge < -0.3 is 10.2 Å². The number of anilines is 2. The van der Waals surface area contributed by atoms with Crippen molar-refractivity contribution in [1.29, 1.82) is 0 Å². The van der Waals surface area contributed by atoms with Crippen LogP contribution in [0.3, 0.4) is 0 Å². The van der Waals surface area contributed by atoms with E-state index in [1.807, 2.05) is 42.2 Å². The second-order valence-corrected chi connectivity index (χ2v) is 9.71. The number of carbonyl (C=O) groups is 2. The summed E-state index contributed by atoms with van der Waals surface area (Å²) in [6.07, 6.45) is 9.10. The summed E-state index contributed by atoms with van der Waals surface area (Å²) in [6, 6.07) is 15.3. The van der Waals surface area contributed by atoms with E-state index in [0.717, 1.165) is 34.5 Å². The Kier molecular flexibility index (Phi) is 7.13. The summed E-state index contributed by atoms with van der Waals surface area (Å²) in [5, 5.41) is 7.75. The maximum atomic E-state index is 12.8. The fourth-order valence-electron chi connectivity index (χ4n) is 4.44. The Hall–Kier alpha value is -4.59. The first kappa shape index (κ1) is 25.1. The Bertz CT molecular complexity index is 1510. The molecule has 0 saturated heterocycles. The second-order valence-electron chi connectivity index (χ2n) is 9.71. The number of nitrogens with one attached hydrogen (secondary N) is 1. The summed E-state index contributed by atoms with van der Waals surface area (Å²) in [5.74, 6) is 0.137. The maximum absolute atomic E-state index is 12.8. The number of aryl methyl sites for hydroxylation is 1. The summed E-state index contributed by atoms with van der Waals surface area (Å²) in [5.41, 5.74) is 6.42. The molecule has 1 amide bonds. The molecule has 3 heterocycles. The Morgan fingerprint density at radius 3 is 2.61 bits per heavy atom. The van der Waals surface area contributed by atoms with Crippen LogP contribution >= 0.6 is 0 Å². The largest absolute Gasteiger partial charge is 0.334 e. The van der Waals surface area contributed by atoms with Gasteiger partial charge in [-0.1, -0.05) is 36.4 Å². The monoisotopic (exact) mass is 506 g/mol. The molecule has 0 fully saturated rings. The molecule has 0 saturated carbocycles. The molecule has 1 aliphatic rings. The lowest BCUT2D eigenvalue weighted by Gasteiger charge is -2.28. The number of nitrogens with zero attached hydrogens (tertiary/aromatic N) is 5. The highest BCUT2D eigenvalue weighted by Crippen LogP contribution is 2.26. The highest BCUT2D eigenvalue weighted by Gasteiger charge is 2.20. The van der Waals surface area contributed by atoms with E-state index in [1.54, 1.807) is 35.4 Å².